The van der Waals surface area contributed by atoms with Crippen molar-refractivity contribution in [3.63, 3.8) is 0 Å². The molecule has 0 aromatic heterocycles. The van der Waals surface area contributed by atoms with Gasteiger partial charge in [0.2, 0.25) is 5.88 Å². The summed E-state index contributed by atoms with van der Waals surface area (Å²) in [6, 6.07) is 9.14. The first kappa shape index (κ1) is 26.5. The third-order valence-corrected chi connectivity index (χ3v) is 6.66. The normalized spacial score (nSPS) is 18.8. The molecule has 1 aliphatic carbocycles. The van der Waals surface area contributed by atoms with E-state index in [0.717, 1.165) is 6.07 Å². The van der Waals surface area contributed by atoms with Crippen LogP contribution in [0.2, 0.25) is 5.02 Å². The lowest BCUT2D eigenvalue weighted by molar-refractivity contribution is -0.139. The molecule has 2 N–H and O–H groups in total. The molecule has 1 heterocycles. The SMILES string of the molecule is CCOC(=O)C1=C(N)OC2=C(C(=O)CC(C)(C)C2)C1c1ccc(OC)c(COc2ccc(F)cc2Cl)c1. The number of nitrogens with two attached hydrogens (primary N) is 1. The quantitative estimate of drug-likeness (QED) is 0.469. The lowest BCUT2D eigenvalue weighted by atomic mass is 9.70. The highest BCUT2D eigenvalue weighted by molar-refractivity contribution is 6.32. The van der Waals surface area contributed by atoms with E-state index in [0.29, 0.717) is 46.8 Å². The van der Waals surface area contributed by atoms with Gasteiger partial charge < -0.3 is 24.7 Å². The zero-order valence-electron chi connectivity index (χ0n) is 21.2. The van der Waals surface area contributed by atoms with Crippen molar-refractivity contribution in [2.24, 2.45) is 11.1 Å². The first-order valence-electron chi connectivity index (χ1n) is 11.9. The van der Waals surface area contributed by atoms with E-state index >= 15 is 0 Å². The summed E-state index contributed by atoms with van der Waals surface area (Å²) in [5.41, 5.74) is 7.67. The van der Waals surface area contributed by atoms with Gasteiger partial charge in [0.1, 0.15) is 35.3 Å². The van der Waals surface area contributed by atoms with E-state index in [9.17, 15) is 14.0 Å². The van der Waals surface area contributed by atoms with Gasteiger partial charge in [-0.3, -0.25) is 4.79 Å². The molecule has 0 spiro atoms. The average Bonchev–Trinajstić information content (AvgIpc) is 2.81. The van der Waals surface area contributed by atoms with E-state index in [1.165, 1.54) is 19.2 Å². The lowest BCUT2D eigenvalue weighted by Gasteiger charge is -2.38. The van der Waals surface area contributed by atoms with Gasteiger partial charge in [0.15, 0.2) is 5.78 Å². The van der Waals surface area contributed by atoms with E-state index in [4.69, 9.17) is 36.3 Å². The van der Waals surface area contributed by atoms with Gasteiger partial charge in [-0.2, -0.15) is 0 Å². The van der Waals surface area contributed by atoms with Crippen LogP contribution in [0.3, 0.4) is 0 Å². The molecule has 0 amide bonds. The Morgan fingerprint density at radius 3 is 2.59 bits per heavy atom. The fraction of sp³-hybridized carbons (Fsp3) is 0.357. The Bertz CT molecular complexity index is 1320. The minimum absolute atomic E-state index is 0.0341. The number of methoxy groups -OCH3 is 1. The molecule has 196 valence electrons. The molecule has 9 heteroatoms. The van der Waals surface area contributed by atoms with Crippen molar-refractivity contribution in [3.8, 4) is 11.5 Å². The Balaban J connectivity index is 1.79. The van der Waals surface area contributed by atoms with E-state index in [1.807, 2.05) is 13.8 Å². The fourth-order valence-corrected chi connectivity index (χ4v) is 4.99. The second kappa shape index (κ2) is 10.5. The van der Waals surface area contributed by atoms with Crippen molar-refractivity contribution >= 4 is 23.4 Å². The number of esters is 1. The monoisotopic (exact) mass is 529 g/mol. The maximum atomic E-state index is 13.4. The van der Waals surface area contributed by atoms with Crippen LogP contribution in [0.25, 0.3) is 0 Å². The van der Waals surface area contributed by atoms with Crippen molar-refractivity contribution in [3.05, 3.63) is 81.2 Å². The maximum absolute atomic E-state index is 13.4. The molecular formula is C28H29ClFNO6. The predicted octanol–water partition coefficient (Wildman–Crippen LogP) is 5.56. The summed E-state index contributed by atoms with van der Waals surface area (Å²) < 4.78 is 35.9. The van der Waals surface area contributed by atoms with Crippen molar-refractivity contribution < 1.29 is 32.9 Å². The summed E-state index contributed by atoms with van der Waals surface area (Å²) in [5.74, 6) is -0.829. The standard InChI is InChI=1S/C28H29ClFNO6/c1-5-35-27(33)25-23(24-19(32)12-28(2,3)13-22(24)37-26(25)31)15-6-8-20(34-4)16(10-15)14-36-21-9-7-17(30)11-18(21)29/h6-11,23H,5,12-14,31H2,1-4H3. The third-order valence-electron chi connectivity index (χ3n) is 6.37. The highest BCUT2D eigenvalue weighted by Crippen LogP contribution is 2.48. The molecular weight excluding hydrogens is 501 g/mol. The first-order valence-corrected chi connectivity index (χ1v) is 12.3. The number of ketones is 1. The second-order valence-electron chi connectivity index (χ2n) is 9.75. The van der Waals surface area contributed by atoms with Crippen molar-refractivity contribution in [2.75, 3.05) is 13.7 Å². The van der Waals surface area contributed by atoms with Gasteiger partial charge in [0, 0.05) is 24.0 Å². The molecule has 2 aliphatic rings. The molecule has 0 bridgehead atoms. The van der Waals surface area contributed by atoms with Gasteiger partial charge in [-0.05, 0) is 48.2 Å². The van der Waals surface area contributed by atoms with Crippen LogP contribution in [-0.4, -0.2) is 25.5 Å². The number of carbonyl (C=O) groups excluding carboxylic acids is 2. The minimum Gasteiger partial charge on any atom is -0.496 e. The van der Waals surface area contributed by atoms with Gasteiger partial charge in [0.25, 0.3) is 0 Å². The molecule has 37 heavy (non-hydrogen) atoms. The topological polar surface area (TPSA) is 97.1 Å². The van der Waals surface area contributed by atoms with Gasteiger partial charge in [0.05, 0.1) is 24.7 Å². The van der Waals surface area contributed by atoms with E-state index < -0.39 is 17.7 Å². The van der Waals surface area contributed by atoms with E-state index in [2.05, 4.69) is 0 Å². The van der Waals surface area contributed by atoms with Gasteiger partial charge in [-0.15, -0.1) is 0 Å². The fourth-order valence-electron chi connectivity index (χ4n) is 4.76. The maximum Gasteiger partial charge on any atom is 0.340 e. The Morgan fingerprint density at radius 1 is 1.19 bits per heavy atom. The Kier molecular flexibility index (Phi) is 7.50. The van der Waals surface area contributed by atoms with E-state index in [-0.39, 0.29) is 40.9 Å². The number of allylic oxidation sites excluding steroid dienone is 2. The largest absolute Gasteiger partial charge is 0.496 e. The summed E-state index contributed by atoms with van der Waals surface area (Å²) >= 11 is 6.11. The predicted molar refractivity (Wildman–Crippen MR) is 135 cm³/mol. The Morgan fingerprint density at radius 2 is 1.92 bits per heavy atom. The molecule has 4 rings (SSSR count). The Hall–Kier alpha value is -3.52. The summed E-state index contributed by atoms with van der Waals surface area (Å²) in [5, 5.41) is 0.130. The van der Waals surface area contributed by atoms with Crippen LogP contribution >= 0.6 is 11.6 Å². The van der Waals surface area contributed by atoms with Gasteiger partial charge in [-0.1, -0.05) is 31.5 Å². The van der Waals surface area contributed by atoms with Gasteiger partial charge >= 0.3 is 5.97 Å². The highest BCUT2D eigenvalue weighted by Gasteiger charge is 2.45. The highest BCUT2D eigenvalue weighted by atomic mass is 35.5. The number of hydrogen-bond acceptors (Lipinski definition) is 7. The molecule has 1 atom stereocenters. The smallest absolute Gasteiger partial charge is 0.340 e. The summed E-state index contributed by atoms with van der Waals surface area (Å²) in [6.45, 7) is 5.83. The van der Waals surface area contributed by atoms with Crippen molar-refractivity contribution in [1.82, 2.24) is 0 Å². The number of rotatable bonds is 7. The number of carbonyl (C=O) groups is 2. The van der Waals surface area contributed by atoms with Crippen molar-refractivity contribution in [2.45, 2.75) is 46.1 Å². The summed E-state index contributed by atoms with van der Waals surface area (Å²) in [7, 11) is 1.52. The van der Waals surface area contributed by atoms with Crippen LogP contribution in [0.5, 0.6) is 11.5 Å². The molecule has 0 saturated carbocycles. The lowest BCUT2D eigenvalue weighted by Crippen LogP contribution is -2.35. The average molecular weight is 530 g/mol. The van der Waals surface area contributed by atoms with Gasteiger partial charge in [-0.25, -0.2) is 9.18 Å². The van der Waals surface area contributed by atoms with Crippen LogP contribution < -0.4 is 15.2 Å². The molecule has 7 nitrogen and oxygen atoms in total. The first-order chi connectivity index (χ1) is 17.5. The molecule has 1 aliphatic heterocycles. The van der Waals surface area contributed by atoms with Crippen LogP contribution in [0, 0.1) is 11.2 Å². The zero-order chi connectivity index (χ0) is 26.9. The van der Waals surface area contributed by atoms with Crippen molar-refractivity contribution in [1.29, 1.82) is 0 Å². The third kappa shape index (κ3) is 5.44. The number of halogens is 2. The molecule has 1 unspecified atom stereocenters. The summed E-state index contributed by atoms with van der Waals surface area (Å²) in [4.78, 5) is 26.4. The van der Waals surface area contributed by atoms with Crippen LogP contribution in [0.4, 0.5) is 4.39 Å². The molecule has 0 radical (unpaired) electrons. The van der Waals surface area contributed by atoms with Crippen LogP contribution in [0.15, 0.2) is 59.2 Å². The summed E-state index contributed by atoms with van der Waals surface area (Å²) in [6.07, 6.45) is 0.799. The Labute approximate surface area is 220 Å². The number of Topliss-reactive ketones (excluding diaryl/α,β-unsaturated/α-hetero) is 1. The molecule has 0 fully saturated rings. The van der Waals surface area contributed by atoms with Crippen LogP contribution in [-0.2, 0) is 25.7 Å². The molecule has 0 saturated heterocycles. The second-order valence-corrected chi connectivity index (χ2v) is 10.2. The number of ether oxygens (including phenoxy) is 4. The minimum atomic E-state index is -0.787. The van der Waals surface area contributed by atoms with Crippen LogP contribution in [0.1, 0.15) is 50.7 Å². The number of benzene rings is 2. The van der Waals surface area contributed by atoms with E-state index in [1.54, 1.807) is 25.1 Å². The molecule has 2 aromatic rings. The zero-order valence-corrected chi connectivity index (χ0v) is 21.9. The number of hydrogen-bond donors (Lipinski definition) is 1. The molecule has 2 aromatic carbocycles.